The molecule has 2 aromatic carbocycles. The lowest BCUT2D eigenvalue weighted by Gasteiger charge is -2.09. The summed E-state index contributed by atoms with van der Waals surface area (Å²) < 4.78 is 5.31. The molecule has 0 heterocycles. The molecule has 1 amide bonds. The Hall–Kier alpha value is -3.26. The highest BCUT2D eigenvalue weighted by Crippen LogP contribution is 2.28. The van der Waals surface area contributed by atoms with Gasteiger partial charge in [0.1, 0.15) is 11.6 Å². The van der Waals surface area contributed by atoms with Gasteiger partial charge >= 0.3 is 0 Å². The number of carbonyl (C=O) groups excluding carboxylic acids is 1. The molecule has 2 aromatic rings. The van der Waals surface area contributed by atoms with Crippen LogP contribution in [0.4, 0.5) is 5.69 Å². The van der Waals surface area contributed by atoms with Gasteiger partial charge in [0.15, 0.2) is 11.5 Å². The van der Waals surface area contributed by atoms with Crippen LogP contribution in [0.2, 0.25) is 0 Å². The third-order valence-electron chi connectivity index (χ3n) is 3.60. The summed E-state index contributed by atoms with van der Waals surface area (Å²) in [5.74, 6) is -0.164. The number of aromatic hydroxyl groups is 1. The quantitative estimate of drug-likeness (QED) is 0.640. The third kappa shape index (κ3) is 4.61. The van der Waals surface area contributed by atoms with Crippen molar-refractivity contribution in [3.63, 3.8) is 0 Å². The molecular formula is C20H20N2O3. The van der Waals surface area contributed by atoms with Crippen LogP contribution >= 0.6 is 0 Å². The summed E-state index contributed by atoms with van der Waals surface area (Å²) in [5.41, 5.74) is 3.16. The fourth-order valence-electron chi connectivity index (χ4n) is 2.27. The second-order valence-corrected chi connectivity index (χ2v) is 5.60. The van der Waals surface area contributed by atoms with Crippen LogP contribution in [-0.2, 0) is 4.79 Å². The largest absolute Gasteiger partial charge is 0.504 e. The van der Waals surface area contributed by atoms with E-state index < -0.39 is 5.91 Å². The van der Waals surface area contributed by atoms with Crippen molar-refractivity contribution < 1.29 is 14.6 Å². The lowest BCUT2D eigenvalue weighted by Crippen LogP contribution is -2.14. The summed E-state index contributed by atoms with van der Waals surface area (Å²) in [6.45, 7) is 6.03. The van der Waals surface area contributed by atoms with Crippen molar-refractivity contribution in [2.45, 2.75) is 20.8 Å². The Morgan fingerprint density at radius 1 is 1.28 bits per heavy atom. The summed E-state index contributed by atoms with van der Waals surface area (Å²) in [6.07, 6.45) is 1.46. The van der Waals surface area contributed by atoms with E-state index in [4.69, 9.17) is 4.74 Å². The molecule has 0 radical (unpaired) electrons. The normalized spacial score (nSPS) is 10.9. The highest BCUT2D eigenvalue weighted by molar-refractivity contribution is 6.10. The maximum Gasteiger partial charge on any atom is 0.266 e. The highest BCUT2D eigenvalue weighted by Gasteiger charge is 2.12. The second kappa shape index (κ2) is 8.02. The third-order valence-corrected chi connectivity index (χ3v) is 3.60. The first-order chi connectivity index (χ1) is 11.9. The zero-order chi connectivity index (χ0) is 18.4. The predicted octanol–water partition coefficient (Wildman–Crippen LogP) is 3.95. The van der Waals surface area contributed by atoms with Crippen LogP contribution < -0.4 is 10.1 Å². The van der Waals surface area contributed by atoms with Crippen molar-refractivity contribution in [2.24, 2.45) is 0 Å². The van der Waals surface area contributed by atoms with E-state index in [9.17, 15) is 15.2 Å². The Morgan fingerprint density at radius 2 is 2.04 bits per heavy atom. The summed E-state index contributed by atoms with van der Waals surface area (Å²) in [6, 6.07) is 12.3. The number of rotatable bonds is 5. The Labute approximate surface area is 147 Å². The molecule has 0 aromatic heterocycles. The molecule has 25 heavy (non-hydrogen) atoms. The number of carbonyl (C=O) groups is 1. The van der Waals surface area contributed by atoms with Crippen molar-refractivity contribution in [3.8, 4) is 17.6 Å². The minimum absolute atomic E-state index is 0.0114. The monoisotopic (exact) mass is 336 g/mol. The number of nitrogens with zero attached hydrogens (tertiary/aromatic N) is 1. The van der Waals surface area contributed by atoms with E-state index in [0.29, 0.717) is 23.6 Å². The molecule has 2 N–H and O–H groups in total. The predicted molar refractivity (Wildman–Crippen MR) is 97.4 cm³/mol. The number of nitrogens with one attached hydrogen (secondary N) is 1. The average molecular weight is 336 g/mol. The summed E-state index contributed by atoms with van der Waals surface area (Å²) in [7, 11) is 0. The van der Waals surface area contributed by atoms with Crippen molar-refractivity contribution in [1.82, 2.24) is 0 Å². The summed E-state index contributed by atoms with van der Waals surface area (Å²) in [4.78, 5) is 12.4. The van der Waals surface area contributed by atoms with Gasteiger partial charge in [-0.15, -0.1) is 0 Å². The SMILES string of the molecule is CCOc1cc(/C=C(\C#N)C(=O)Nc2cc(C)ccc2C)ccc1O. The topological polar surface area (TPSA) is 82.3 Å². The first kappa shape index (κ1) is 18.1. The van der Waals surface area contributed by atoms with Crippen LogP contribution in [0.3, 0.4) is 0 Å². The maximum absolute atomic E-state index is 12.4. The minimum Gasteiger partial charge on any atom is -0.504 e. The fourth-order valence-corrected chi connectivity index (χ4v) is 2.27. The molecule has 0 spiro atoms. The molecule has 5 nitrogen and oxygen atoms in total. The molecule has 0 atom stereocenters. The summed E-state index contributed by atoms with van der Waals surface area (Å²) >= 11 is 0. The van der Waals surface area contributed by atoms with E-state index in [1.165, 1.54) is 12.1 Å². The van der Waals surface area contributed by atoms with Crippen LogP contribution in [0.1, 0.15) is 23.6 Å². The Bertz CT molecular complexity index is 864. The Kier molecular flexibility index (Phi) is 5.80. The number of hydrogen-bond acceptors (Lipinski definition) is 4. The fraction of sp³-hybridized carbons (Fsp3) is 0.200. The van der Waals surface area contributed by atoms with Gasteiger partial charge in [-0.05, 0) is 61.7 Å². The number of hydrogen-bond donors (Lipinski definition) is 2. The van der Waals surface area contributed by atoms with Gasteiger partial charge in [0.2, 0.25) is 0 Å². The molecule has 5 heteroatoms. The van der Waals surface area contributed by atoms with Gasteiger partial charge in [-0.2, -0.15) is 5.26 Å². The molecule has 0 saturated heterocycles. The Morgan fingerprint density at radius 3 is 2.72 bits per heavy atom. The van der Waals surface area contributed by atoms with Crippen molar-refractivity contribution >= 4 is 17.7 Å². The van der Waals surface area contributed by atoms with Crippen LogP contribution in [0.15, 0.2) is 42.0 Å². The van der Waals surface area contributed by atoms with E-state index in [-0.39, 0.29) is 11.3 Å². The van der Waals surface area contributed by atoms with Gasteiger partial charge < -0.3 is 15.2 Å². The van der Waals surface area contributed by atoms with Gasteiger partial charge in [-0.25, -0.2) is 0 Å². The molecule has 0 aliphatic carbocycles. The van der Waals surface area contributed by atoms with Crippen molar-refractivity contribution in [2.75, 3.05) is 11.9 Å². The number of benzene rings is 2. The van der Waals surface area contributed by atoms with E-state index in [2.05, 4.69) is 5.32 Å². The van der Waals surface area contributed by atoms with E-state index in [1.807, 2.05) is 38.1 Å². The average Bonchev–Trinajstić information content (AvgIpc) is 2.58. The number of anilines is 1. The van der Waals surface area contributed by atoms with Gasteiger partial charge in [-0.3, -0.25) is 4.79 Å². The molecule has 0 saturated carbocycles. The van der Waals surface area contributed by atoms with Gasteiger partial charge in [0.25, 0.3) is 5.91 Å². The van der Waals surface area contributed by atoms with Crippen molar-refractivity contribution in [1.29, 1.82) is 5.26 Å². The summed E-state index contributed by atoms with van der Waals surface area (Å²) in [5, 5.41) is 21.8. The second-order valence-electron chi connectivity index (χ2n) is 5.60. The standard InChI is InChI=1S/C20H20N2O3/c1-4-25-19-11-15(7-8-18(19)23)10-16(12-21)20(24)22-17-9-13(2)5-6-14(17)3/h5-11,23H,4H2,1-3H3,(H,22,24)/b16-10+. The van der Waals surface area contributed by atoms with E-state index in [0.717, 1.165) is 11.1 Å². The molecule has 0 fully saturated rings. The van der Waals surface area contributed by atoms with Crippen LogP contribution in [0, 0.1) is 25.2 Å². The van der Waals surface area contributed by atoms with Crippen LogP contribution in [-0.4, -0.2) is 17.6 Å². The van der Waals surface area contributed by atoms with Gasteiger partial charge in [0, 0.05) is 5.69 Å². The van der Waals surface area contributed by atoms with Crippen LogP contribution in [0.25, 0.3) is 6.08 Å². The maximum atomic E-state index is 12.4. The minimum atomic E-state index is -0.484. The number of amides is 1. The lowest BCUT2D eigenvalue weighted by molar-refractivity contribution is -0.112. The number of nitriles is 1. The smallest absolute Gasteiger partial charge is 0.266 e. The zero-order valence-corrected chi connectivity index (χ0v) is 14.5. The molecule has 0 aliphatic heterocycles. The molecular weight excluding hydrogens is 316 g/mol. The van der Waals surface area contributed by atoms with E-state index in [1.54, 1.807) is 19.1 Å². The Balaban J connectivity index is 2.28. The number of phenolic OH excluding ortho intramolecular Hbond substituents is 1. The molecule has 128 valence electrons. The van der Waals surface area contributed by atoms with E-state index >= 15 is 0 Å². The molecule has 0 unspecified atom stereocenters. The number of aryl methyl sites for hydroxylation is 2. The number of ether oxygens (including phenoxy) is 1. The van der Waals surface area contributed by atoms with Gasteiger partial charge in [0.05, 0.1) is 6.61 Å². The first-order valence-electron chi connectivity index (χ1n) is 7.90. The first-order valence-corrected chi connectivity index (χ1v) is 7.90. The lowest BCUT2D eigenvalue weighted by atomic mass is 10.1. The highest BCUT2D eigenvalue weighted by atomic mass is 16.5. The van der Waals surface area contributed by atoms with Crippen LogP contribution in [0.5, 0.6) is 11.5 Å². The molecule has 0 bridgehead atoms. The zero-order valence-electron chi connectivity index (χ0n) is 14.5. The number of phenols is 1. The molecule has 2 rings (SSSR count). The van der Waals surface area contributed by atoms with Gasteiger partial charge in [-0.1, -0.05) is 18.2 Å². The molecule has 0 aliphatic rings. The van der Waals surface area contributed by atoms with Crippen molar-refractivity contribution in [3.05, 3.63) is 58.7 Å².